The van der Waals surface area contributed by atoms with Crippen LogP contribution in [0, 0.1) is 17.5 Å². The molecular formula is C17H17F2N2O8PS. The van der Waals surface area contributed by atoms with E-state index in [1.165, 1.54) is 0 Å². The summed E-state index contributed by atoms with van der Waals surface area (Å²) in [5.74, 6) is -5.13. The number of nitrogens with zero attached hydrogens (tertiary/aromatic N) is 1. The molecule has 0 bridgehead atoms. The minimum atomic E-state index is -4.77. The van der Waals surface area contributed by atoms with Crippen molar-refractivity contribution in [3.05, 3.63) is 56.5 Å². The van der Waals surface area contributed by atoms with Gasteiger partial charge in [-0.3, -0.25) is 23.4 Å². The molecule has 4 rings (SSSR count). The summed E-state index contributed by atoms with van der Waals surface area (Å²) in [5, 5.41) is 20.5. The molecule has 5 atom stereocenters. The van der Waals surface area contributed by atoms with Crippen LogP contribution in [0.3, 0.4) is 0 Å². The number of benzene rings is 1. The number of rotatable bonds is 4. The summed E-state index contributed by atoms with van der Waals surface area (Å²) >= 11 is 4.83. The average Bonchev–Trinajstić information content (AvgIpc) is 2.96. The van der Waals surface area contributed by atoms with E-state index in [0.717, 1.165) is 0 Å². The third-order valence-corrected chi connectivity index (χ3v) is 6.14. The summed E-state index contributed by atoms with van der Waals surface area (Å²) in [6, 6.07) is 4.91. The molecule has 2 aliphatic heterocycles. The number of alkyl halides is 1. The third kappa shape index (κ3) is 3.98. The molecule has 1 aromatic heterocycles. The van der Waals surface area contributed by atoms with Gasteiger partial charge >= 0.3 is 7.82 Å². The molecule has 3 N–H and O–H groups in total. The molecule has 31 heavy (non-hydrogen) atoms. The van der Waals surface area contributed by atoms with Crippen LogP contribution in [0.4, 0.5) is 8.78 Å². The number of aromatic amines is 1. The first kappa shape index (κ1) is 19.7. The number of aryl methyl sites for hydroxylation is 1. The van der Waals surface area contributed by atoms with E-state index in [1.807, 2.05) is 4.98 Å². The number of hydrogen-bond acceptors (Lipinski definition) is 9. The number of halogens is 2. The Bertz CT molecular complexity index is 1280. The van der Waals surface area contributed by atoms with Gasteiger partial charge in [0.2, 0.25) is 5.82 Å². The maximum absolute atomic E-state index is 15.7. The van der Waals surface area contributed by atoms with Gasteiger partial charge < -0.3 is 19.5 Å². The van der Waals surface area contributed by atoms with Crippen LogP contribution in [-0.4, -0.2) is 44.4 Å². The number of phosphoric ester groups is 1. The number of aliphatic hydroxyl groups excluding tert-OH is 2. The minimum Gasteiger partial charge on any atom is -0.403 e. The van der Waals surface area contributed by atoms with Crippen molar-refractivity contribution in [1.29, 1.82) is 0 Å². The number of nitrogens with one attached hydrogen (secondary N) is 1. The highest BCUT2D eigenvalue weighted by molar-refractivity contribution is 7.71. The lowest BCUT2D eigenvalue weighted by Gasteiger charge is -2.29. The van der Waals surface area contributed by atoms with Gasteiger partial charge in [-0.1, -0.05) is 18.2 Å². The van der Waals surface area contributed by atoms with E-state index >= 15 is 4.39 Å². The van der Waals surface area contributed by atoms with Gasteiger partial charge in [0, 0.05) is 5.56 Å². The Hall–Kier alpha value is -1.99. The lowest BCUT2D eigenvalue weighted by atomic mass is 10.1. The Morgan fingerprint density at radius 1 is 1.52 bits per heavy atom. The number of H-pyrrole nitrogens is 1. The maximum atomic E-state index is 15.7. The fourth-order valence-corrected chi connectivity index (χ4v) is 4.46. The lowest BCUT2D eigenvalue weighted by Crippen LogP contribution is -2.43. The molecule has 1 saturated heterocycles. The SMILES string of the molecule is [2H]C([2H])(OP1(=O)OCc2cccc(C)c2O1)[C@@]1(F)O[C@@H](n2cc(F)c(=O)[nH]c2=S)[C@H](O)[C@@H]1O. The van der Waals surface area contributed by atoms with Crippen LogP contribution in [0.1, 0.15) is 20.1 Å². The van der Waals surface area contributed by atoms with Crippen molar-refractivity contribution < 1.29 is 44.6 Å². The lowest BCUT2D eigenvalue weighted by molar-refractivity contribution is -0.205. The van der Waals surface area contributed by atoms with E-state index in [9.17, 15) is 24.0 Å². The first-order chi connectivity index (χ1) is 15.3. The first-order valence-electron chi connectivity index (χ1n) is 9.75. The largest absolute Gasteiger partial charge is 0.530 e. The van der Waals surface area contributed by atoms with E-state index in [-0.39, 0.29) is 12.4 Å². The normalized spacial score (nSPS) is 33.9. The standard InChI is InChI=1S/C17H17F2N2O8PS/c1-8-3-2-4-9-6-26-30(25,29-12(8)9)27-7-17(19)13(23)11(22)15(28-17)21-5-10(18)14(24)20-16(21)31/h2-5,11,13,15,22-23H,6-7H2,1H3,(H,20,24,31)/t11-,13+,15-,17-,30?/m1/s1/i7D2. The van der Waals surface area contributed by atoms with Crippen molar-refractivity contribution in [2.75, 3.05) is 6.56 Å². The average molecular weight is 480 g/mol. The van der Waals surface area contributed by atoms with Gasteiger partial charge in [-0.05, 0) is 24.7 Å². The predicted octanol–water partition coefficient (Wildman–Crippen LogP) is 2.00. The molecule has 3 heterocycles. The number of ether oxygens (including phenoxy) is 1. The molecule has 1 unspecified atom stereocenters. The summed E-state index contributed by atoms with van der Waals surface area (Å²) < 4.78 is 78.3. The molecule has 1 fully saturated rings. The Morgan fingerprint density at radius 2 is 2.26 bits per heavy atom. The van der Waals surface area contributed by atoms with Gasteiger partial charge in [0.25, 0.3) is 11.4 Å². The molecule has 168 valence electrons. The Morgan fingerprint density at radius 3 is 3.00 bits per heavy atom. The Balaban J connectivity index is 1.64. The van der Waals surface area contributed by atoms with Crippen LogP contribution in [0.15, 0.2) is 29.2 Å². The molecule has 0 amide bonds. The van der Waals surface area contributed by atoms with Crippen molar-refractivity contribution in [2.24, 2.45) is 0 Å². The smallest absolute Gasteiger partial charge is 0.403 e. The Labute approximate surface area is 181 Å². The molecule has 0 radical (unpaired) electrons. The number of fused-ring (bicyclic) bond motifs is 1. The second kappa shape index (κ2) is 7.85. The highest BCUT2D eigenvalue weighted by Crippen LogP contribution is 2.56. The van der Waals surface area contributed by atoms with Gasteiger partial charge in [-0.15, -0.1) is 0 Å². The quantitative estimate of drug-likeness (QED) is 0.444. The van der Waals surface area contributed by atoms with Crippen molar-refractivity contribution in [3.8, 4) is 5.75 Å². The van der Waals surface area contributed by atoms with Crippen molar-refractivity contribution >= 4 is 20.0 Å². The summed E-state index contributed by atoms with van der Waals surface area (Å²) in [7, 11) is -4.77. The minimum absolute atomic E-state index is 0.0941. The van der Waals surface area contributed by atoms with E-state index in [2.05, 4.69) is 0 Å². The molecule has 0 aliphatic carbocycles. The fourth-order valence-electron chi connectivity index (χ4n) is 3.05. The molecule has 14 heteroatoms. The fraction of sp³-hybridized carbons (Fsp3) is 0.412. The highest BCUT2D eigenvalue weighted by Gasteiger charge is 2.57. The van der Waals surface area contributed by atoms with Gasteiger partial charge in [0.1, 0.15) is 24.5 Å². The monoisotopic (exact) mass is 480 g/mol. The van der Waals surface area contributed by atoms with Crippen LogP contribution in [0.5, 0.6) is 5.75 Å². The summed E-state index contributed by atoms with van der Waals surface area (Å²) in [4.78, 5) is 13.2. The summed E-state index contributed by atoms with van der Waals surface area (Å²) in [6.07, 6.45) is -6.33. The van der Waals surface area contributed by atoms with Crippen molar-refractivity contribution in [3.63, 3.8) is 0 Å². The van der Waals surface area contributed by atoms with Gasteiger partial charge in [0.05, 0.1) is 15.5 Å². The van der Waals surface area contributed by atoms with Crippen LogP contribution in [0.2, 0.25) is 0 Å². The zero-order chi connectivity index (χ0) is 24.3. The van der Waals surface area contributed by atoms with Gasteiger partial charge in [-0.25, -0.2) is 8.96 Å². The maximum Gasteiger partial charge on any atom is 0.530 e. The van der Waals surface area contributed by atoms with E-state index < -0.39 is 54.8 Å². The van der Waals surface area contributed by atoms with Crippen molar-refractivity contribution in [2.45, 2.75) is 37.8 Å². The molecule has 2 aliphatic rings. The van der Waals surface area contributed by atoms with E-state index in [0.29, 0.717) is 21.9 Å². The number of aliphatic hydroxyl groups is 2. The first-order valence-corrected chi connectivity index (χ1v) is 10.6. The number of aromatic nitrogens is 2. The molecule has 0 saturated carbocycles. The van der Waals surface area contributed by atoms with Crippen LogP contribution >= 0.6 is 20.0 Å². The zero-order valence-electron chi connectivity index (χ0n) is 17.7. The molecular weight excluding hydrogens is 461 g/mol. The predicted molar refractivity (Wildman–Crippen MR) is 102 cm³/mol. The number of hydrogen-bond donors (Lipinski definition) is 3. The highest BCUT2D eigenvalue weighted by atomic mass is 32.1. The summed E-state index contributed by atoms with van der Waals surface area (Å²) in [6.45, 7) is -2.40. The second-order valence-electron chi connectivity index (χ2n) is 6.80. The second-order valence-corrected chi connectivity index (χ2v) is 8.71. The van der Waals surface area contributed by atoms with Gasteiger partial charge in [-0.2, -0.15) is 4.39 Å². The summed E-state index contributed by atoms with van der Waals surface area (Å²) in [5.41, 5.74) is -0.185. The van der Waals surface area contributed by atoms with Crippen LogP contribution in [0.25, 0.3) is 0 Å². The topological polar surface area (TPSA) is 132 Å². The van der Waals surface area contributed by atoms with E-state index in [4.69, 9.17) is 33.3 Å². The van der Waals surface area contributed by atoms with Crippen molar-refractivity contribution in [1.82, 2.24) is 9.55 Å². The zero-order valence-corrected chi connectivity index (χ0v) is 17.4. The molecule has 0 spiro atoms. The molecule has 2 aromatic rings. The number of phosphoric acid groups is 1. The van der Waals surface area contributed by atoms with Crippen LogP contribution < -0.4 is 10.1 Å². The third-order valence-electron chi connectivity index (χ3n) is 4.66. The number of para-hydroxylation sites is 1. The van der Waals surface area contributed by atoms with Gasteiger partial charge in [0.15, 0.2) is 11.0 Å². The van der Waals surface area contributed by atoms with E-state index in [1.54, 1.807) is 25.1 Å². The Kier molecular flexibility index (Phi) is 4.98. The molecule has 1 aromatic carbocycles. The molecule has 10 nitrogen and oxygen atoms in total. The van der Waals surface area contributed by atoms with Crippen LogP contribution in [-0.2, 0) is 25.0 Å².